The van der Waals surface area contributed by atoms with Gasteiger partial charge in [0.15, 0.2) is 12.1 Å². The Morgan fingerprint density at radius 2 is 1.56 bits per heavy atom. The lowest BCUT2D eigenvalue weighted by Gasteiger charge is -2.44. The van der Waals surface area contributed by atoms with Crippen molar-refractivity contribution in [3.63, 3.8) is 0 Å². The highest BCUT2D eigenvalue weighted by atomic mass is 16.7. The summed E-state index contributed by atoms with van der Waals surface area (Å²) in [7, 11) is 0. The number of fused-ring (bicyclic) bond motifs is 1. The van der Waals surface area contributed by atoms with Crippen LogP contribution in [0.2, 0.25) is 0 Å². The average Bonchev–Trinajstić information content (AvgIpc) is 3.66. The van der Waals surface area contributed by atoms with Crippen molar-refractivity contribution >= 4 is 16.9 Å². The molecule has 2 N–H and O–H groups in total. The monoisotopic (exact) mass is 700 g/mol. The molecule has 4 aromatic carbocycles. The molecule has 4 atom stereocenters. The molecule has 10 nitrogen and oxygen atoms in total. The van der Waals surface area contributed by atoms with E-state index in [-0.39, 0.29) is 36.3 Å². The van der Waals surface area contributed by atoms with Gasteiger partial charge in [0.25, 0.3) is 5.91 Å². The van der Waals surface area contributed by atoms with Crippen LogP contribution in [0, 0.1) is 5.92 Å². The quantitative estimate of drug-likeness (QED) is 0.182. The minimum atomic E-state index is -0.562. The van der Waals surface area contributed by atoms with E-state index in [0.717, 1.165) is 71.4 Å². The van der Waals surface area contributed by atoms with E-state index in [1.54, 1.807) is 0 Å². The number of likely N-dealkylation sites (tertiary alicyclic amines) is 1. The Morgan fingerprint density at radius 3 is 2.31 bits per heavy atom. The molecule has 0 saturated carbocycles. The van der Waals surface area contributed by atoms with Crippen LogP contribution in [0.25, 0.3) is 22.2 Å². The second kappa shape index (κ2) is 15.2. The molecule has 0 aliphatic carbocycles. The van der Waals surface area contributed by atoms with Gasteiger partial charge in [-0.2, -0.15) is 0 Å². The van der Waals surface area contributed by atoms with E-state index < -0.39 is 12.1 Å². The van der Waals surface area contributed by atoms with E-state index in [1.165, 1.54) is 6.20 Å². The van der Waals surface area contributed by atoms with Crippen molar-refractivity contribution in [1.82, 2.24) is 20.2 Å². The lowest BCUT2D eigenvalue weighted by atomic mass is 9.89. The van der Waals surface area contributed by atoms with Crippen LogP contribution in [-0.2, 0) is 32.1 Å². The number of ether oxygens (including phenoxy) is 4. The average molecular weight is 701 g/mol. The Labute approximate surface area is 303 Å². The number of nitrogens with one attached hydrogen (secondary N) is 1. The summed E-state index contributed by atoms with van der Waals surface area (Å²) in [6.45, 7) is 6.43. The number of para-hydroxylation sites is 2. The Balaban J connectivity index is 0.984. The molecule has 3 aliphatic heterocycles. The van der Waals surface area contributed by atoms with Gasteiger partial charge < -0.3 is 34.3 Å². The molecular weight excluding hydrogens is 656 g/mol. The number of hydrogen-bond acceptors (Lipinski definition) is 9. The number of aromatic nitrogens is 2. The van der Waals surface area contributed by atoms with Crippen LogP contribution in [0.4, 0.5) is 0 Å². The number of hydrogen-bond donors (Lipinski definition) is 2. The maximum Gasteiger partial charge on any atom is 0.271 e. The van der Waals surface area contributed by atoms with Crippen molar-refractivity contribution in [2.75, 3.05) is 32.8 Å². The van der Waals surface area contributed by atoms with Gasteiger partial charge in [0.2, 0.25) is 0 Å². The number of aliphatic hydroxyl groups excluding tert-OH is 1. The van der Waals surface area contributed by atoms with Crippen LogP contribution in [0.1, 0.15) is 64.9 Å². The maximum absolute atomic E-state index is 13.1. The molecule has 0 bridgehead atoms. The molecule has 3 saturated heterocycles. The van der Waals surface area contributed by atoms with E-state index in [0.29, 0.717) is 25.3 Å². The first-order valence-corrected chi connectivity index (χ1v) is 18.2. The normalized spacial score (nSPS) is 23.2. The minimum absolute atomic E-state index is 0.000579. The van der Waals surface area contributed by atoms with Gasteiger partial charge in [-0.05, 0) is 39.9 Å². The van der Waals surface area contributed by atoms with Gasteiger partial charge >= 0.3 is 0 Å². The summed E-state index contributed by atoms with van der Waals surface area (Å²) in [5, 5.41) is 12.7. The summed E-state index contributed by atoms with van der Waals surface area (Å²) in [6.07, 6.45) is 2.39. The van der Waals surface area contributed by atoms with E-state index in [9.17, 15) is 9.90 Å². The first kappa shape index (κ1) is 34.5. The van der Waals surface area contributed by atoms with Gasteiger partial charge in [0.05, 0.1) is 49.3 Å². The molecule has 52 heavy (non-hydrogen) atoms. The Morgan fingerprint density at radius 1 is 0.865 bits per heavy atom. The van der Waals surface area contributed by atoms with Gasteiger partial charge in [-0.1, -0.05) is 91.9 Å². The summed E-state index contributed by atoms with van der Waals surface area (Å²) < 4.78 is 25.5. The summed E-state index contributed by atoms with van der Waals surface area (Å²) in [4.78, 5) is 24.4. The van der Waals surface area contributed by atoms with Crippen molar-refractivity contribution in [3.05, 3.63) is 131 Å². The van der Waals surface area contributed by atoms with Crippen LogP contribution >= 0.6 is 0 Å². The first-order valence-electron chi connectivity index (χ1n) is 18.2. The highest BCUT2D eigenvalue weighted by molar-refractivity contribution is 5.93. The first-order chi connectivity index (χ1) is 25.5. The van der Waals surface area contributed by atoms with E-state index in [4.69, 9.17) is 18.9 Å². The molecule has 3 aliphatic rings. The molecule has 268 valence electrons. The van der Waals surface area contributed by atoms with E-state index >= 15 is 0 Å². The number of piperidine rings is 1. The Kier molecular flexibility index (Phi) is 10.1. The Hall–Kier alpha value is -4.55. The predicted octanol–water partition coefficient (Wildman–Crippen LogP) is 6.35. The number of carbonyl (C=O) groups is 1. The van der Waals surface area contributed by atoms with E-state index in [2.05, 4.69) is 69.6 Å². The number of amides is 1. The van der Waals surface area contributed by atoms with Gasteiger partial charge in [-0.15, -0.1) is 0 Å². The van der Waals surface area contributed by atoms with Crippen molar-refractivity contribution < 1.29 is 28.8 Å². The maximum atomic E-state index is 13.1. The molecule has 10 heteroatoms. The summed E-state index contributed by atoms with van der Waals surface area (Å²) >= 11 is 0. The smallest absolute Gasteiger partial charge is 0.271 e. The third-order valence-corrected chi connectivity index (χ3v) is 10.6. The molecule has 0 radical (unpaired) electrons. The molecule has 1 aromatic heterocycles. The second-order valence-corrected chi connectivity index (χ2v) is 13.9. The van der Waals surface area contributed by atoms with Crippen LogP contribution in [0.5, 0.6) is 0 Å². The second-order valence-electron chi connectivity index (χ2n) is 13.9. The number of aliphatic hydroxyl groups is 1. The zero-order chi connectivity index (χ0) is 35.5. The third-order valence-electron chi connectivity index (χ3n) is 10.6. The summed E-state index contributed by atoms with van der Waals surface area (Å²) in [5.41, 5.74) is 7.61. The SMILES string of the molecule is C[C@@H]1[C@H](CN2CCC3(CC2)OCCO3)O[C@H](c2ccc(-c3ccccc3CNC(=O)c3cnc4ccccc4n3)cc2)O[C@@H]1c1ccc(CO)cc1. The van der Waals surface area contributed by atoms with Gasteiger partial charge in [0.1, 0.15) is 5.69 Å². The lowest BCUT2D eigenvalue weighted by molar-refractivity contribution is -0.278. The van der Waals surface area contributed by atoms with Crippen LogP contribution in [-0.4, -0.2) is 70.6 Å². The number of carbonyl (C=O) groups excluding carboxylic acids is 1. The summed E-state index contributed by atoms with van der Waals surface area (Å²) in [5.74, 6) is -0.604. The molecule has 1 spiro atoms. The zero-order valence-corrected chi connectivity index (χ0v) is 29.3. The van der Waals surface area contributed by atoms with Gasteiger partial charge in [-0.3, -0.25) is 9.78 Å². The molecule has 5 aromatic rings. The van der Waals surface area contributed by atoms with Crippen LogP contribution < -0.4 is 5.32 Å². The summed E-state index contributed by atoms with van der Waals surface area (Å²) in [6, 6.07) is 31.9. The standard InChI is InChI=1S/C42H44N4O6/c1-28-38(26-46-20-18-42(19-21-46)49-22-23-50-42)51-41(52-39(28)31-12-10-29(27-47)11-13-31)32-16-14-30(15-17-32)34-7-3-2-6-33(34)24-44-40(48)37-25-43-35-8-4-5-9-36(35)45-37/h2-17,25,28,38-39,41,47H,18-24,26-27H2,1H3,(H,44,48)/t28-,38+,39+,41+/m1/s1. The number of nitrogens with zero attached hydrogens (tertiary/aromatic N) is 3. The molecule has 1 amide bonds. The predicted molar refractivity (Wildman–Crippen MR) is 196 cm³/mol. The fraction of sp³-hybridized carbons (Fsp3) is 0.357. The van der Waals surface area contributed by atoms with Gasteiger partial charge in [0, 0.05) is 50.5 Å². The van der Waals surface area contributed by atoms with Crippen LogP contribution in [0.15, 0.2) is 103 Å². The third kappa shape index (κ3) is 7.36. The highest BCUT2D eigenvalue weighted by Crippen LogP contribution is 2.43. The van der Waals surface area contributed by atoms with Crippen molar-refractivity contribution in [3.8, 4) is 11.1 Å². The minimum Gasteiger partial charge on any atom is -0.392 e. The molecule has 3 fully saturated rings. The number of benzene rings is 4. The van der Waals surface area contributed by atoms with E-state index in [1.807, 2.05) is 54.6 Å². The zero-order valence-electron chi connectivity index (χ0n) is 29.3. The Bertz CT molecular complexity index is 1990. The van der Waals surface area contributed by atoms with Crippen molar-refractivity contribution in [2.45, 2.75) is 57.2 Å². The van der Waals surface area contributed by atoms with Crippen LogP contribution in [0.3, 0.4) is 0 Å². The fourth-order valence-corrected chi connectivity index (χ4v) is 7.55. The number of rotatable bonds is 9. The van der Waals surface area contributed by atoms with Gasteiger partial charge in [-0.25, -0.2) is 4.98 Å². The lowest BCUT2D eigenvalue weighted by Crippen LogP contribution is -2.50. The molecule has 8 rings (SSSR count). The molecular formula is C42H44N4O6. The van der Waals surface area contributed by atoms with Crippen molar-refractivity contribution in [1.29, 1.82) is 0 Å². The molecule has 0 unspecified atom stereocenters. The largest absolute Gasteiger partial charge is 0.392 e. The fourth-order valence-electron chi connectivity index (χ4n) is 7.55. The highest BCUT2D eigenvalue weighted by Gasteiger charge is 2.43. The molecule has 4 heterocycles. The topological polar surface area (TPSA) is 115 Å². The van der Waals surface area contributed by atoms with Crippen molar-refractivity contribution in [2.24, 2.45) is 5.92 Å².